The summed E-state index contributed by atoms with van der Waals surface area (Å²) in [6.45, 7) is 1.18. The van der Waals surface area contributed by atoms with Gasteiger partial charge in [-0.1, -0.05) is 17.3 Å². The van der Waals surface area contributed by atoms with Gasteiger partial charge in [0.25, 0.3) is 0 Å². The molecule has 0 spiro atoms. The van der Waals surface area contributed by atoms with E-state index in [1.54, 1.807) is 7.11 Å². The van der Waals surface area contributed by atoms with Gasteiger partial charge in [-0.25, -0.2) is 4.79 Å². The molecule has 1 saturated heterocycles. The third-order valence-corrected chi connectivity index (χ3v) is 2.99. The number of cyclic esters (lactones) is 1. The van der Waals surface area contributed by atoms with E-state index < -0.39 is 0 Å². The van der Waals surface area contributed by atoms with Gasteiger partial charge in [0.15, 0.2) is 0 Å². The van der Waals surface area contributed by atoms with Crippen LogP contribution in [0.4, 0.5) is 4.79 Å². The van der Waals surface area contributed by atoms with Crippen LogP contribution in [0.25, 0.3) is 11.4 Å². The fourth-order valence-corrected chi connectivity index (χ4v) is 1.99. The van der Waals surface area contributed by atoms with Crippen LogP contribution in [0.15, 0.2) is 28.8 Å². The summed E-state index contributed by atoms with van der Waals surface area (Å²) < 4.78 is 15.3. The summed E-state index contributed by atoms with van der Waals surface area (Å²) in [4.78, 5) is 17.1. The summed E-state index contributed by atoms with van der Waals surface area (Å²) in [5, 5.41) is 3.92. The van der Waals surface area contributed by atoms with Crippen LogP contribution in [-0.4, -0.2) is 41.4 Å². The number of amides is 1. The maximum absolute atomic E-state index is 11.3. The van der Waals surface area contributed by atoms with Gasteiger partial charge in [0, 0.05) is 0 Å². The fraction of sp³-hybridized carbons (Fsp3) is 0.308. The summed E-state index contributed by atoms with van der Waals surface area (Å²) in [6.07, 6.45) is -0.359. The molecule has 2 aromatic rings. The number of hydrogen-bond donors (Lipinski definition) is 0. The number of rotatable bonds is 4. The monoisotopic (exact) mass is 275 g/mol. The second-order valence-electron chi connectivity index (χ2n) is 4.25. The lowest BCUT2D eigenvalue weighted by Gasteiger charge is -2.07. The number of carbonyl (C=O) groups excluding carboxylic acids is 1. The van der Waals surface area contributed by atoms with E-state index in [1.165, 1.54) is 4.90 Å². The molecule has 7 heteroatoms. The zero-order chi connectivity index (χ0) is 13.9. The molecule has 1 aliphatic heterocycles. The highest BCUT2D eigenvalue weighted by atomic mass is 16.6. The van der Waals surface area contributed by atoms with Gasteiger partial charge < -0.3 is 14.0 Å². The number of aromatic nitrogens is 2. The molecule has 7 nitrogen and oxygen atoms in total. The highest BCUT2D eigenvalue weighted by Gasteiger charge is 2.24. The molecule has 2 heterocycles. The normalized spacial score (nSPS) is 14.4. The molecule has 1 aliphatic rings. The van der Waals surface area contributed by atoms with Crippen LogP contribution in [0, 0.1) is 0 Å². The van der Waals surface area contributed by atoms with Crippen LogP contribution < -0.4 is 4.74 Å². The Morgan fingerprint density at radius 3 is 3.00 bits per heavy atom. The van der Waals surface area contributed by atoms with Gasteiger partial charge >= 0.3 is 6.09 Å². The molecule has 0 unspecified atom stereocenters. The van der Waals surface area contributed by atoms with E-state index in [1.807, 2.05) is 24.3 Å². The molecular weight excluding hydrogens is 262 g/mol. The number of carbonyl (C=O) groups is 1. The first-order chi connectivity index (χ1) is 9.78. The molecule has 104 valence electrons. The number of ether oxygens (including phenoxy) is 2. The second kappa shape index (κ2) is 5.20. The Balaban J connectivity index is 1.81. The van der Waals surface area contributed by atoms with Crippen molar-refractivity contribution in [2.24, 2.45) is 0 Å². The van der Waals surface area contributed by atoms with Crippen LogP contribution in [-0.2, 0) is 11.3 Å². The summed E-state index contributed by atoms with van der Waals surface area (Å²) in [6, 6.07) is 7.40. The smallest absolute Gasteiger partial charge is 0.410 e. The first-order valence-electron chi connectivity index (χ1n) is 6.15. The van der Waals surface area contributed by atoms with Crippen molar-refractivity contribution in [1.82, 2.24) is 15.0 Å². The topological polar surface area (TPSA) is 77.7 Å². The third-order valence-electron chi connectivity index (χ3n) is 2.99. The van der Waals surface area contributed by atoms with Gasteiger partial charge in [-0.05, 0) is 12.1 Å². The molecule has 1 aromatic heterocycles. The molecule has 1 amide bonds. The Labute approximate surface area is 115 Å². The molecule has 0 N–H and O–H groups in total. The number of methoxy groups -OCH3 is 1. The zero-order valence-corrected chi connectivity index (χ0v) is 10.9. The zero-order valence-electron chi connectivity index (χ0n) is 10.9. The van der Waals surface area contributed by atoms with Crippen LogP contribution in [0.3, 0.4) is 0 Å². The fourth-order valence-electron chi connectivity index (χ4n) is 1.99. The van der Waals surface area contributed by atoms with Crippen molar-refractivity contribution in [2.75, 3.05) is 20.3 Å². The predicted octanol–water partition coefficient (Wildman–Crippen LogP) is 1.70. The van der Waals surface area contributed by atoms with Gasteiger partial charge in [0.1, 0.15) is 18.9 Å². The molecular formula is C13H13N3O4. The van der Waals surface area contributed by atoms with Crippen molar-refractivity contribution in [3.8, 4) is 17.1 Å². The van der Waals surface area contributed by atoms with Crippen molar-refractivity contribution in [1.29, 1.82) is 0 Å². The molecule has 0 saturated carbocycles. The van der Waals surface area contributed by atoms with E-state index in [0.29, 0.717) is 30.6 Å². The maximum atomic E-state index is 11.3. The van der Waals surface area contributed by atoms with E-state index >= 15 is 0 Å². The SMILES string of the molecule is COc1ccccc1-c1noc(CN2CCOC2=O)n1. The molecule has 0 atom stereocenters. The average molecular weight is 275 g/mol. The maximum Gasteiger partial charge on any atom is 0.410 e. The van der Waals surface area contributed by atoms with Crippen molar-refractivity contribution >= 4 is 6.09 Å². The van der Waals surface area contributed by atoms with Crippen LogP contribution in [0.2, 0.25) is 0 Å². The number of para-hydroxylation sites is 1. The Morgan fingerprint density at radius 1 is 1.40 bits per heavy atom. The number of benzene rings is 1. The summed E-state index contributed by atoms with van der Waals surface area (Å²) in [7, 11) is 1.58. The Morgan fingerprint density at radius 2 is 2.25 bits per heavy atom. The summed E-state index contributed by atoms with van der Waals surface area (Å²) in [5.41, 5.74) is 0.744. The van der Waals surface area contributed by atoms with E-state index in [2.05, 4.69) is 10.1 Å². The summed E-state index contributed by atoms with van der Waals surface area (Å²) >= 11 is 0. The van der Waals surface area contributed by atoms with Crippen LogP contribution in [0.5, 0.6) is 5.75 Å². The van der Waals surface area contributed by atoms with Gasteiger partial charge in [0.05, 0.1) is 19.2 Å². The van der Waals surface area contributed by atoms with Crippen LogP contribution >= 0.6 is 0 Å². The van der Waals surface area contributed by atoms with Gasteiger partial charge in [-0.3, -0.25) is 4.90 Å². The van der Waals surface area contributed by atoms with E-state index in [9.17, 15) is 4.79 Å². The van der Waals surface area contributed by atoms with Gasteiger partial charge in [-0.2, -0.15) is 4.98 Å². The Bertz CT molecular complexity index is 626. The lowest BCUT2D eigenvalue weighted by atomic mass is 10.2. The van der Waals surface area contributed by atoms with Gasteiger partial charge in [-0.15, -0.1) is 0 Å². The molecule has 20 heavy (non-hydrogen) atoms. The lowest BCUT2D eigenvalue weighted by Crippen LogP contribution is -2.23. The predicted molar refractivity (Wildman–Crippen MR) is 68.0 cm³/mol. The standard InChI is InChI=1S/C13H13N3O4/c1-18-10-5-3-2-4-9(10)12-14-11(20-15-12)8-16-6-7-19-13(16)17/h2-5H,6-8H2,1H3. The molecule has 1 fully saturated rings. The van der Waals surface area contributed by atoms with Crippen molar-refractivity contribution in [3.05, 3.63) is 30.2 Å². The molecule has 3 rings (SSSR count). The van der Waals surface area contributed by atoms with Crippen molar-refractivity contribution < 1.29 is 18.8 Å². The third kappa shape index (κ3) is 2.29. The Hall–Kier alpha value is -2.57. The Kier molecular flexibility index (Phi) is 3.24. The quantitative estimate of drug-likeness (QED) is 0.845. The van der Waals surface area contributed by atoms with E-state index in [4.69, 9.17) is 14.0 Å². The number of hydrogen-bond acceptors (Lipinski definition) is 6. The number of nitrogens with zero attached hydrogens (tertiary/aromatic N) is 3. The largest absolute Gasteiger partial charge is 0.496 e. The molecule has 0 radical (unpaired) electrons. The van der Waals surface area contributed by atoms with E-state index in [0.717, 1.165) is 5.56 Å². The highest BCUT2D eigenvalue weighted by molar-refractivity contribution is 5.69. The second-order valence-corrected chi connectivity index (χ2v) is 4.25. The first kappa shape index (κ1) is 12.5. The minimum Gasteiger partial charge on any atom is -0.496 e. The first-order valence-corrected chi connectivity index (χ1v) is 6.15. The van der Waals surface area contributed by atoms with E-state index in [-0.39, 0.29) is 12.6 Å². The highest BCUT2D eigenvalue weighted by Crippen LogP contribution is 2.27. The molecule has 0 aliphatic carbocycles. The van der Waals surface area contributed by atoms with Crippen LogP contribution in [0.1, 0.15) is 5.89 Å². The van der Waals surface area contributed by atoms with Crippen molar-refractivity contribution in [3.63, 3.8) is 0 Å². The van der Waals surface area contributed by atoms with Crippen molar-refractivity contribution in [2.45, 2.75) is 6.54 Å². The lowest BCUT2D eigenvalue weighted by molar-refractivity contribution is 0.154. The molecule has 0 bridgehead atoms. The minimum atomic E-state index is -0.359. The minimum absolute atomic E-state index is 0.251. The summed E-state index contributed by atoms with van der Waals surface area (Å²) in [5.74, 6) is 1.47. The molecule has 1 aromatic carbocycles. The average Bonchev–Trinajstić information content (AvgIpc) is 3.09. The van der Waals surface area contributed by atoms with Gasteiger partial charge in [0.2, 0.25) is 11.7 Å².